The topological polar surface area (TPSA) is 52.9 Å². The number of carbonyl (C=O) groups excluding carboxylic acids is 1. The summed E-state index contributed by atoms with van der Waals surface area (Å²) in [6.45, 7) is 1.91. The second-order valence-corrected chi connectivity index (χ2v) is 10.5. The van der Waals surface area contributed by atoms with Crippen LogP contribution in [-0.4, -0.2) is 23.6 Å². The Morgan fingerprint density at radius 1 is 0.944 bits per heavy atom. The Labute approximate surface area is 211 Å². The molecule has 36 heavy (non-hydrogen) atoms. The number of aliphatic hydroxyl groups is 1. The van der Waals surface area contributed by atoms with E-state index in [0.717, 1.165) is 53.9 Å². The average molecular weight is 473 g/mol. The van der Waals surface area contributed by atoms with Gasteiger partial charge < -0.3 is 10.0 Å². The highest BCUT2D eigenvalue weighted by atomic mass is 16.3. The molecule has 178 valence electrons. The lowest BCUT2D eigenvalue weighted by Crippen LogP contribution is -2.33. The molecule has 4 nitrogen and oxygen atoms in total. The maximum Gasteiger partial charge on any atom is 0.201 e. The molecular formula is C32H28N2O2. The lowest BCUT2D eigenvalue weighted by atomic mass is 9.67. The SMILES string of the molecule is CC1=Nc2ccccc2/C1=C1/C(=O)C(/C=C2\N(C)c3c(ccc4ccccc34)C23CCCCC3)=C1O. The summed E-state index contributed by atoms with van der Waals surface area (Å²) in [6.07, 6.45) is 7.67. The smallest absolute Gasteiger partial charge is 0.201 e. The molecule has 1 saturated carbocycles. The van der Waals surface area contributed by atoms with Crippen LogP contribution in [-0.2, 0) is 10.2 Å². The first-order valence-electron chi connectivity index (χ1n) is 12.9. The number of aliphatic hydroxyl groups excluding tert-OH is 1. The molecule has 7 rings (SSSR count). The van der Waals surface area contributed by atoms with Crippen molar-refractivity contribution in [2.24, 2.45) is 4.99 Å². The summed E-state index contributed by atoms with van der Waals surface area (Å²) < 4.78 is 0. The van der Waals surface area contributed by atoms with E-state index in [1.165, 1.54) is 28.4 Å². The molecule has 3 aromatic carbocycles. The van der Waals surface area contributed by atoms with Gasteiger partial charge in [-0.05, 0) is 42.9 Å². The molecule has 2 aliphatic heterocycles. The van der Waals surface area contributed by atoms with E-state index < -0.39 is 0 Å². The van der Waals surface area contributed by atoms with Gasteiger partial charge >= 0.3 is 0 Å². The maximum atomic E-state index is 13.6. The molecule has 2 heterocycles. The van der Waals surface area contributed by atoms with Crippen molar-refractivity contribution in [2.75, 3.05) is 11.9 Å². The molecule has 0 radical (unpaired) electrons. The monoisotopic (exact) mass is 472 g/mol. The zero-order chi connectivity index (χ0) is 24.6. The van der Waals surface area contributed by atoms with Gasteiger partial charge in [-0.1, -0.05) is 73.9 Å². The van der Waals surface area contributed by atoms with Crippen LogP contribution < -0.4 is 4.90 Å². The molecule has 2 aliphatic carbocycles. The number of fused-ring (bicyclic) bond motifs is 5. The van der Waals surface area contributed by atoms with Gasteiger partial charge in [-0.2, -0.15) is 0 Å². The number of ketones is 1. The number of likely N-dealkylation sites (N-methyl/N-ethyl adjacent to an activating group) is 1. The van der Waals surface area contributed by atoms with Crippen LogP contribution in [0.3, 0.4) is 0 Å². The molecule has 1 fully saturated rings. The molecule has 4 aliphatic rings. The van der Waals surface area contributed by atoms with E-state index in [1.54, 1.807) is 0 Å². The lowest BCUT2D eigenvalue weighted by Gasteiger charge is -2.37. The summed E-state index contributed by atoms with van der Waals surface area (Å²) in [6, 6.07) is 20.8. The summed E-state index contributed by atoms with van der Waals surface area (Å²) in [5, 5.41) is 13.7. The molecule has 0 saturated heterocycles. The number of hydrogen-bond donors (Lipinski definition) is 1. The van der Waals surface area contributed by atoms with Gasteiger partial charge in [-0.25, -0.2) is 0 Å². The van der Waals surface area contributed by atoms with Crippen LogP contribution in [0.2, 0.25) is 0 Å². The van der Waals surface area contributed by atoms with E-state index >= 15 is 0 Å². The number of benzene rings is 3. The van der Waals surface area contributed by atoms with Crippen molar-refractivity contribution in [3.63, 3.8) is 0 Å². The van der Waals surface area contributed by atoms with Crippen molar-refractivity contribution in [1.82, 2.24) is 0 Å². The fourth-order valence-electron chi connectivity index (χ4n) is 6.95. The van der Waals surface area contributed by atoms with Crippen molar-refractivity contribution in [1.29, 1.82) is 0 Å². The number of anilines is 1. The first kappa shape index (κ1) is 21.4. The number of hydrogen-bond acceptors (Lipinski definition) is 4. The summed E-state index contributed by atoms with van der Waals surface area (Å²) in [5.41, 5.74) is 7.71. The van der Waals surface area contributed by atoms with Gasteiger partial charge in [0.25, 0.3) is 0 Å². The Balaban J connectivity index is 1.41. The number of nitrogens with zero attached hydrogens (tertiary/aromatic N) is 2. The van der Waals surface area contributed by atoms with Crippen molar-refractivity contribution < 1.29 is 9.90 Å². The van der Waals surface area contributed by atoms with Crippen LogP contribution in [0.25, 0.3) is 16.3 Å². The van der Waals surface area contributed by atoms with Crippen LogP contribution in [0.5, 0.6) is 0 Å². The zero-order valence-corrected chi connectivity index (χ0v) is 20.6. The Morgan fingerprint density at radius 2 is 1.69 bits per heavy atom. The van der Waals surface area contributed by atoms with E-state index in [-0.39, 0.29) is 17.0 Å². The number of aliphatic imine (C=N–C) groups is 1. The van der Waals surface area contributed by atoms with Crippen LogP contribution in [0.1, 0.15) is 50.2 Å². The molecule has 1 spiro atoms. The normalized spacial score (nSPS) is 23.4. The average Bonchev–Trinajstić information content (AvgIpc) is 3.34. The minimum atomic E-state index is -0.125. The first-order chi connectivity index (χ1) is 17.5. The van der Waals surface area contributed by atoms with Crippen molar-refractivity contribution in [3.05, 3.63) is 100 Å². The van der Waals surface area contributed by atoms with Gasteiger partial charge in [0.05, 0.1) is 22.5 Å². The van der Waals surface area contributed by atoms with E-state index in [9.17, 15) is 9.90 Å². The van der Waals surface area contributed by atoms with Crippen LogP contribution in [0.4, 0.5) is 11.4 Å². The second kappa shape index (κ2) is 7.54. The molecular weight excluding hydrogens is 444 g/mol. The number of Topliss-reactive ketones (excluding diaryl/α,β-unsaturated/α-hetero) is 1. The van der Waals surface area contributed by atoms with Gasteiger partial charge in [-0.3, -0.25) is 9.79 Å². The van der Waals surface area contributed by atoms with Crippen molar-refractivity contribution in [2.45, 2.75) is 44.4 Å². The van der Waals surface area contributed by atoms with Gasteiger partial charge in [0.2, 0.25) is 5.78 Å². The van der Waals surface area contributed by atoms with Gasteiger partial charge in [0.1, 0.15) is 5.76 Å². The van der Waals surface area contributed by atoms with E-state index in [1.807, 2.05) is 37.3 Å². The highest BCUT2D eigenvalue weighted by Crippen LogP contribution is 2.57. The quantitative estimate of drug-likeness (QED) is 0.377. The summed E-state index contributed by atoms with van der Waals surface area (Å²) >= 11 is 0. The number of para-hydroxylation sites is 1. The molecule has 0 unspecified atom stereocenters. The maximum absolute atomic E-state index is 13.6. The highest BCUT2D eigenvalue weighted by Gasteiger charge is 2.48. The predicted molar refractivity (Wildman–Crippen MR) is 146 cm³/mol. The van der Waals surface area contributed by atoms with Crippen molar-refractivity contribution >= 4 is 39.2 Å². The third kappa shape index (κ3) is 2.70. The predicted octanol–water partition coefficient (Wildman–Crippen LogP) is 7.33. The van der Waals surface area contributed by atoms with Crippen molar-refractivity contribution in [3.8, 4) is 0 Å². The standard InChI is InChI=1S/C32H28N2O2/c1-19-27(22-12-6-7-13-25(22)33-19)28-30(35)23(31(28)36)18-26-32(16-8-3-9-17-32)24-15-14-20-10-4-5-11-21(20)29(24)34(26)2/h4-7,10-15,18,35H,3,8-9,16-17H2,1-2H3/b26-18-,28-27+. The molecule has 1 N–H and O–H groups in total. The first-order valence-corrected chi connectivity index (χ1v) is 12.9. The number of carbonyl (C=O) groups is 1. The minimum Gasteiger partial charge on any atom is -0.506 e. The lowest BCUT2D eigenvalue weighted by molar-refractivity contribution is -0.113. The Bertz CT molecular complexity index is 1610. The zero-order valence-electron chi connectivity index (χ0n) is 20.6. The van der Waals surface area contributed by atoms with Gasteiger partial charge in [0, 0.05) is 40.4 Å². The highest BCUT2D eigenvalue weighted by molar-refractivity contribution is 6.38. The fraction of sp³-hybridized carbons (Fsp3) is 0.250. The summed E-state index contributed by atoms with van der Waals surface area (Å²) in [7, 11) is 2.12. The van der Waals surface area contributed by atoms with Crippen LogP contribution in [0.15, 0.2) is 94.3 Å². The molecule has 3 aromatic rings. The Hall–Kier alpha value is -3.92. The molecule has 0 aromatic heterocycles. The van der Waals surface area contributed by atoms with E-state index in [4.69, 9.17) is 0 Å². The number of allylic oxidation sites excluding steroid dienone is 5. The van der Waals surface area contributed by atoms with Gasteiger partial charge in [0.15, 0.2) is 0 Å². The minimum absolute atomic E-state index is 0.0916. The van der Waals surface area contributed by atoms with E-state index in [0.29, 0.717) is 11.1 Å². The Morgan fingerprint density at radius 3 is 2.50 bits per heavy atom. The molecule has 0 bridgehead atoms. The van der Waals surface area contributed by atoms with Gasteiger partial charge in [-0.15, -0.1) is 0 Å². The third-order valence-corrected chi connectivity index (χ3v) is 8.63. The largest absolute Gasteiger partial charge is 0.506 e. The molecule has 4 heteroatoms. The van der Waals surface area contributed by atoms with E-state index in [2.05, 4.69) is 53.3 Å². The fourth-order valence-corrected chi connectivity index (χ4v) is 6.95. The van der Waals surface area contributed by atoms with Crippen LogP contribution >= 0.6 is 0 Å². The summed E-state index contributed by atoms with van der Waals surface area (Å²) in [5.74, 6) is -0.00430. The van der Waals surface area contributed by atoms with Crippen LogP contribution in [0, 0.1) is 0 Å². The molecule has 0 atom stereocenters. The number of rotatable bonds is 1. The second-order valence-electron chi connectivity index (χ2n) is 10.5. The Kier molecular flexibility index (Phi) is 4.47. The third-order valence-electron chi connectivity index (χ3n) is 8.63. The molecule has 0 amide bonds. The summed E-state index contributed by atoms with van der Waals surface area (Å²) in [4.78, 5) is 20.5.